The van der Waals surface area contributed by atoms with E-state index in [1.807, 2.05) is 0 Å². The Morgan fingerprint density at radius 2 is 0.703 bits per heavy atom. The molecule has 0 spiro atoms. The largest absolute Gasteiger partial charge is 4.00 e. The second-order valence-corrected chi connectivity index (χ2v) is 11.4. The summed E-state index contributed by atoms with van der Waals surface area (Å²) in [7, 11) is 0. The standard InChI is InChI=1S/2C17H29.2ClH.Zr/c2*1-7-12(4)15-10-16(13(5)8-2)17(11-15)14(6)9-3;;;/h2*12-14H,7-10H2,1-6H3;2*1H;/q2*-1;;;+4/p-2. The summed E-state index contributed by atoms with van der Waals surface area (Å²) in [5.74, 6) is 4.23. The van der Waals surface area contributed by atoms with E-state index in [-0.39, 0.29) is 51.0 Å². The Kier molecular flexibility index (Phi) is 24.0. The molecule has 2 aliphatic carbocycles. The van der Waals surface area contributed by atoms with Gasteiger partial charge in [0, 0.05) is 0 Å². The second-order valence-electron chi connectivity index (χ2n) is 11.4. The average molecular weight is 629 g/mol. The molecule has 0 fully saturated rings. The van der Waals surface area contributed by atoms with Crippen molar-refractivity contribution in [2.24, 2.45) is 35.5 Å². The average Bonchev–Trinajstić information content (AvgIpc) is 3.51. The van der Waals surface area contributed by atoms with Gasteiger partial charge in [-0.1, -0.05) is 158 Å². The molecule has 37 heavy (non-hydrogen) atoms. The fourth-order valence-corrected chi connectivity index (χ4v) is 4.94. The molecule has 6 atom stereocenters. The van der Waals surface area contributed by atoms with Crippen molar-refractivity contribution in [2.75, 3.05) is 0 Å². The predicted octanol–water partition coefficient (Wildman–Crippen LogP) is 5.11. The first-order valence-corrected chi connectivity index (χ1v) is 14.8. The third-order valence-corrected chi connectivity index (χ3v) is 9.08. The van der Waals surface area contributed by atoms with Gasteiger partial charge in [-0.2, -0.15) is 11.1 Å². The van der Waals surface area contributed by atoms with E-state index in [4.69, 9.17) is 0 Å². The summed E-state index contributed by atoms with van der Waals surface area (Å²) in [6.07, 6.45) is 17.4. The van der Waals surface area contributed by atoms with Crippen molar-refractivity contribution in [3.8, 4) is 0 Å². The predicted molar refractivity (Wildman–Crippen MR) is 154 cm³/mol. The molecule has 2 rings (SSSR count). The zero-order chi connectivity index (χ0) is 26.0. The normalized spacial score (nSPS) is 19.7. The van der Waals surface area contributed by atoms with Gasteiger partial charge in [-0.05, 0) is 11.8 Å². The first-order valence-electron chi connectivity index (χ1n) is 14.8. The van der Waals surface area contributed by atoms with Crippen LogP contribution < -0.4 is 24.8 Å². The van der Waals surface area contributed by atoms with Crippen LogP contribution in [0.15, 0.2) is 33.4 Å². The molecule has 0 bridgehead atoms. The van der Waals surface area contributed by atoms with E-state index in [1.54, 1.807) is 22.3 Å². The Bertz CT molecular complexity index is 694. The maximum atomic E-state index is 3.75. The fourth-order valence-electron chi connectivity index (χ4n) is 4.94. The summed E-state index contributed by atoms with van der Waals surface area (Å²) < 4.78 is 0. The minimum absolute atomic E-state index is 0. The van der Waals surface area contributed by atoms with Crippen LogP contribution in [0.3, 0.4) is 0 Å². The van der Waals surface area contributed by atoms with Crippen LogP contribution in [0.2, 0.25) is 0 Å². The quantitative estimate of drug-likeness (QED) is 0.264. The molecule has 6 unspecified atom stereocenters. The van der Waals surface area contributed by atoms with Gasteiger partial charge in [0.05, 0.1) is 0 Å². The number of rotatable bonds is 12. The van der Waals surface area contributed by atoms with Crippen molar-refractivity contribution < 1.29 is 51.0 Å². The summed E-state index contributed by atoms with van der Waals surface area (Å²) in [5.41, 5.74) is 9.54. The molecule has 0 aliphatic heterocycles. The topological polar surface area (TPSA) is 0 Å². The first kappa shape index (κ1) is 41.9. The van der Waals surface area contributed by atoms with Crippen molar-refractivity contribution >= 4 is 0 Å². The van der Waals surface area contributed by atoms with Gasteiger partial charge in [0.25, 0.3) is 0 Å². The van der Waals surface area contributed by atoms with Crippen LogP contribution in [0.25, 0.3) is 0 Å². The maximum Gasteiger partial charge on any atom is 4.00 e. The van der Waals surface area contributed by atoms with E-state index in [9.17, 15) is 0 Å². The van der Waals surface area contributed by atoms with Gasteiger partial charge in [0.2, 0.25) is 0 Å². The molecule has 0 saturated heterocycles. The third-order valence-electron chi connectivity index (χ3n) is 9.08. The molecule has 0 saturated carbocycles. The van der Waals surface area contributed by atoms with Crippen molar-refractivity contribution in [1.82, 2.24) is 0 Å². The SMILES string of the molecule is CCC(C)C1=[C-]C(C(C)CC)=C(C(C)CC)C1.CCC(C)C1=[C-]C(C(C)CC)=C(C(C)CC)C1.[Cl-].[Cl-].[Zr+4]. The summed E-state index contributed by atoms with van der Waals surface area (Å²) in [4.78, 5) is 0. The zero-order valence-electron chi connectivity index (χ0n) is 26.4. The van der Waals surface area contributed by atoms with Crippen molar-refractivity contribution in [3.63, 3.8) is 0 Å². The molecule has 2 aliphatic rings. The molecule has 0 N–H and O–H groups in total. The first-order chi connectivity index (χ1) is 16.1. The van der Waals surface area contributed by atoms with Gasteiger partial charge in [-0.25, -0.2) is 34.4 Å². The molecule has 0 radical (unpaired) electrons. The van der Waals surface area contributed by atoms with Gasteiger partial charge in [0.15, 0.2) is 0 Å². The van der Waals surface area contributed by atoms with Crippen molar-refractivity contribution in [3.05, 3.63) is 45.6 Å². The molecule has 0 aromatic carbocycles. The van der Waals surface area contributed by atoms with Crippen LogP contribution in [0, 0.1) is 47.7 Å². The van der Waals surface area contributed by atoms with Gasteiger partial charge < -0.3 is 24.8 Å². The zero-order valence-corrected chi connectivity index (χ0v) is 30.3. The van der Waals surface area contributed by atoms with Crippen molar-refractivity contribution in [1.29, 1.82) is 0 Å². The molecule has 0 aromatic rings. The molecule has 3 heteroatoms. The van der Waals surface area contributed by atoms with E-state index >= 15 is 0 Å². The maximum absolute atomic E-state index is 3.75. The molecule has 212 valence electrons. The van der Waals surface area contributed by atoms with Crippen LogP contribution in [-0.2, 0) is 26.2 Å². The molecule has 0 nitrogen and oxygen atoms in total. The Labute approximate surface area is 265 Å². The van der Waals surface area contributed by atoms with Gasteiger partial charge >= 0.3 is 26.2 Å². The number of allylic oxidation sites excluding steroid dienone is 8. The van der Waals surface area contributed by atoms with Crippen molar-refractivity contribution in [2.45, 2.75) is 134 Å². The monoisotopic (exact) mass is 626 g/mol. The van der Waals surface area contributed by atoms with E-state index in [0.29, 0.717) is 23.7 Å². The number of hydrogen-bond donors (Lipinski definition) is 0. The van der Waals surface area contributed by atoms with Gasteiger partial charge in [-0.3, -0.25) is 0 Å². The Balaban J connectivity index is -0.000000578. The molecular weight excluding hydrogens is 571 g/mol. The summed E-state index contributed by atoms with van der Waals surface area (Å²) >= 11 is 0. The molecule has 0 aromatic heterocycles. The van der Waals surface area contributed by atoms with Gasteiger partial charge in [0.1, 0.15) is 0 Å². The van der Waals surface area contributed by atoms with Crippen LogP contribution in [0.4, 0.5) is 0 Å². The Morgan fingerprint density at radius 1 is 0.459 bits per heavy atom. The van der Waals surface area contributed by atoms with Crippen LogP contribution in [0.5, 0.6) is 0 Å². The van der Waals surface area contributed by atoms with Crippen LogP contribution in [-0.4, -0.2) is 0 Å². The number of hydrogen-bond acceptors (Lipinski definition) is 0. The molecular formula is C34H58Cl2Zr. The Hall–Kier alpha value is 0.423. The fraction of sp³-hybridized carbons (Fsp3) is 0.765. The smallest absolute Gasteiger partial charge is 1.00 e. The molecule has 0 amide bonds. The van der Waals surface area contributed by atoms with E-state index < -0.39 is 0 Å². The third kappa shape index (κ3) is 11.8. The van der Waals surface area contributed by atoms with Crippen LogP contribution >= 0.6 is 0 Å². The second kappa shape index (κ2) is 21.2. The minimum Gasteiger partial charge on any atom is -1.00 e. The summed E-state index contributed by atoms with van der Waals surface area (Å²) in [6.45, 7) is 27.9. The van der Waals surface area contributed by atoms with E-state index in [0.717, 1.165) is 11.8 Å². The Morgan fingerprint density at radius 3 is 0.919 bits per heavy atom. The van der Waals surface area contributed by atoms with Gasteiger partial charge in [-0.15, -0.1) is 0 Å². The molecule has 0 heterocycles. The minimum atomic E-state index is 0. The van der Waals surface area contributed by atoms with E-state index in [1.165, 1.54) is 62.5 Å². The summed E-state index contributed by atoms with van der Waals surface area (Å²) in [6, 6.07) is 0. The van der Waals surface area contributed by atoms with Crippen LogP contribution in [0.1, 0.15) is 134 Å². The summed E-state index contributed by atoms with van der Waals surface area (Å²) in [5, 5.41) is 0. The number of halogens is 2. The van der Waals surface area contributed by atoms with E-state index in [2.05, 4.69) is 95.2 Å².